The second-order valence-electron chi connectivity index (χ2n) is 5.75. The van der Waals surface area contributed by atoms with E-state index in [1.165, 1.54) is 7.11 Å². The molecule has 2 N–H and O–H groups in total. The minimum atomic E-state index is -0.587. The van der Waals surface area contributed by atoms with Crippen molar-refractivity contribution in [3.63, 3.8) is 0 Å². The third kappa shape index (κ3) is 5.34. The number of rotatable bonds is 6. The van der Waals surface area contributed by atoms with Crippen molar-refractivity contribution in [2.45, 2.75) is 11.7 Å². The molecule has 1 heterocycles. The Labute approximate surface area is 171 Å². The Morgan fingerprint density at radius 2 is 2.11 bits per heavy atom. The number of benzene rings is 2. The lowest BCUT2D eigenvalue weighted by Crippen LogP contribution is -2.28. The van der Waals surface area contributed by atoms with Crippen LogP contribution in [0, 0.1) is 0 Å². The van der Waals surface area contributed by atoms with Gasteiger partial charge in [-0.2, -0.15) is 5.10 Å². The number of hydrogen-bond acceptors (Lipinski definition) is 6. The average molecular weight is 417 g/mol. The number of ether oxygens (including phenoxy) is 1. The van der Waals surface area contributed by atoms with Crippen molar-refractivity contribution in [3.05, 3.63) is 59.1 Å². The molecule has 0 bridgehead atoms. The van der Waals surface area contributed by atoms with Gasteiger partial charge in [0.25, 0.3) is 0 Å². The molecule has 144 valence electrons. The van der Waals surface area contributed by atoms with Gasteiger partial charge < -0.3 is 15.4 Å². The molecule has 0 radical (unpaired) electrons. The molecule has 0 aromatic heterocycles. The number of hydrogen-bond donors (Lipinski definition) is 2. The topological polar surface area (TPSA) is 92.2 Å². The summed E-state index contributed by atoms with van der Waals surface area (Å²) in [6.07, 6.45) is 1.57. The maximum absolute atomic E-state index is 12.3. The molecule has 0 saturated carbocycles. The maximum Gasteiger partial charge on any atom is 0.240 e. The molecule has 0 spiro atoms. The first kappa shape index (κ1) is 19.9. The van der Waals surface area contributed by atoms with E-state index in [-0.39, 0.29) is 18.2 Å². The fraction of sp³-hybridized carbons (Fsp3) is 0.158. The minimum absolute atomic E-state index is 0.0203. The lowest BCUT2D eigenvalue weighted by molar-refractivity contribution is -0.122. The third-order valence-electron chi connectivity index (χ3n) is 3.74. The third-order valence-corrected chi connectivity index (χ3v) is 5.05. The van der Waals surface area contributed by atoms with Crippen LogP contribution in [-0.4, -0.2) is 35.6 Å². The molecule has 1 unspecified atom stereocenters. The van der Waals surface area contributed by atoms with Gasteiger partial charge in [0.2, 0.25) is 11.8 Å². The molecule has 1 saturated heterocycles. The number of amides is 2. The normalized spacial score (nSPS) is 17.7. The number of nitrogens with zero attached hydrogens (tertiary/aromatic N) is 2. The van der Waals surface area contributed by atoms with Crippen LogP contribution in [0.15, 0.2) is 58.7 Å². The summed E-state index contributed by atoms with van der Waals surface area (Å²) in [6.45, 7) is 0. The Hall–Kier alpha value is -2.84. The van der Waals surface area contributed by atoms with Crippen molar-refractivity contribution in [2.75, 3.05) is 12.4 Å². The van der Waals surface area contributed by atoms with E-state index in [0.29, 0.717) is 21.6 Å². The predicted molar refractivity (Wildman–Crippen MR) is 112 cm³/mol. The van der Waals surface area contributed by atoms with E-state index in [1.54, 1.807) is 24.4 Å². The molecular formula is C19H17ClN4O3S. The lowest BCUT2D eigenvalue weighted by Gasteiger charge is -2.11. The van der Waals surface area contributed by atoms with E-state index in [1.807, 2.05) is 30.3 Å². The van der Waals surface area contributed by atoms with Crippen LogP contribution in [-0.2, 0) is 9.59 Å². The van der Waals surface area contributed by atoms with E-state index in [0.717, 1.165) is 17.3 Å². The molecule has 2 aromatic carbocycles. The first-order valence-corrected chi connectivity index (χ1v) is 9.58. The summed E-state index contributed by atoms with van der Waals surface area (Å²) < 4.78 is 5.20. The summed E-state index contributed by atoms with van der Waals surface area (Å²) in [7, 11) is 1.50. The van der Waals surface area contributed by atoms with Gasteiger partial charge >= 0.3 is 0 Å². The molecule has 7 nitrogen and oxygen atoms in total. The number of thioether (sulfide) groups is 1. The van der Waals surface area contributed by atoms with Gasteiger partial charge in [0.1, 0.15) is 11.0 Å². The van der Waals surface area contributed by atoms with Gasteiger partial charge in [-0.15, -0.1) is 5.10 Å². The van der Waals surface area contributed by atoms with Gasteiger partial charge in [0, 0.05) is 11.4 Å². The molecule has 0 aliphatic carbocycles. The van der Waals surface area contributed by atoms with Crippen LogP contribution < -0.4 is 15.4 Å². The molecule has 3 rings (SSSR count). The van der Waals surface area contributed by atoms with Gasteiger partial charge in [-0.1, -0.05) is 53.7 Å². The van der Waals surface area contributed by atoms with E-state index >= 15 is 0 Å². The SMILES string of the molecule is COc1ccc(Cl)cc1NC(=O)CC1SC(=NN=Cc2ccccc2)NC1=O. The van der Waals surface area contributed by atoms with Crippen LogP contribution in [0.1, 0.15) is 12.0 Å². The maximum atomic E-state index is 12.3. The van der Waals surface area contributed by atoms with E-state index in [9.17, 15) is 9.59 Å². The number of anilines is 1. The van der Waals surface area contributed by atoms with Crippen molar-refractivity contribution < 1.29 is 14.3 Å². The molecule has 1 aliphatic rings. The second kappa shape index (κ2) is 9.38. The van der Waals surface area contributed by atoms with Crippen LogP contribution >= 0.6 is 23.4 Å². The highest BCUT2D eigenvalue weighted by atomic mass is 35.5. The van der Waals surface area contributed by atoms with Gasteiger partial charge in [-0.25, -0.2) is 0 Å². The van der Waals surface area contributed by atoms with Gasteiger partial charge in [-0.05, 0) is 23.8 Å². The Kier molecular flexibility index (Phi) is 6.67. The number of methoxy groups -OCH3 is 1. The summed E-state index contributed by atoms with van der Waals surface area (Å²) in [5.74, 6) is -0.132. The highest BCUT2D eigenvalue weighted by Gasteiger charge is 2.32. The number of halogens is 1. The minimum Gasteiger partial charge on any atom is -0.495 e. The molecule has 2 amide bonds. The number of amidine groups is 1. The monoisotopic (exact) mass is 416 g/mol. The fourth-order valence-electron chi connectivity index (χ4n) is 2.42. The fourth-order valence-corrected chi connectivity index (χ4v) is 3.52. The van der Waals surface area contributed by atoms with Gasteiger partial charge in [0.15, 0.2) is 5.17 Å². The Morgan fingerprint density at radius 3 is 2.86 bits per heavy atom. The van der Waals surface area contributed by atoms with Crippen molar-refractivity contribution in [2.24, 2.45) is 10.2 Å². The highest BCUT2D eigenvalue weighted by Crippen LogP contribution is 2.29. The average Bonchev–Trinajstić information content (AvgIpc) is 3.02. The molecule has 28 heavy (non-hydrogen) atoms. The lowest BCUT2D eigenvalue weighted by atomic mass is 10.2. The highest BCUT2D eigenvalue weighted by molar-refractivity contribution is 8.15. The number of carbonyl (C=O) groups excluding carboxylic acids is 2. The molecule has 2 aromatic rings. The van der Waals surface area contributed by atoms with Gasteiger partial charge in [0.05, 0.1) is 19.0 Å². The van der Waals surface area contributed by atoms with Crippen molar-refractivity contribution >= 4 is 52.2 Å². The van der Waals surface area contributed by atoms with Crippen LogP contribution in [0.5, 0.6) is 5.75 Å². The van der Waals surface area contributed by atoms with Crippen molar-refractivity contribution in [3.8, 4) is 5.75 Å². The standard InChI is InChI=1S/C19H17ClN4O3S/c1-27-15-8-7-13(20)9-14(15)22-17(25)10-16-18(26)23-19(28-16)24-21-11-12-5-3-2-4-6-12/h2-9,11,16H,10H2,1H3,(H,22,25)(H,23,24,26). The van der Waals surface area contributed by atoms with Crippen LogP contribution in [0.25, 0.3) is 0 Å². The molecule has 1 fully saturated rings. The second-order valence-corrected chi connectivity index (χ2v) is 7.38. The summed E-state index contributed by atoms with van der Waals surface area (Å²) >= 11 is 7.12. The Balaban J connectivity index is 1.58. The zero-order valence-corrected chi connectivity index (χ0v) is 16.5. The first-order chi connectivity index (χ1) is 13.5. The Morgan fingerprint density at radius 1 is 1.32 bits per heavy atom. The van der Waals surface area contributed by atoms with E-state index in [2.05, 4.69) is 20.8 Å². The summed E-state index contributed by atoms with van der Waals surface area (Å²) in [4.78, 5) is 24.4. The Bertz CT molecular complexity index is 934. The summed E-state index contributed by atoms with van der Waals surface area (Å²) in [5, 5.41) is 13.5. The largest absolute Gasteiger partial charge is 0.495 e. The molecular weight excluding hydrogens is 400 g/mol. The first-order valence-electron chi connectivity index (χ1n) is 8.32. The van der Waals surface area contributed by atoms with Crippen molar-refractivity contribution in [1.29, 1.82) is 0 Å². The quantitative estimate of drug-likeness (QED) is 0.558. The smallest absolute Gasteiger partial charge is 0.240 e. The zero-order valence-electron chi connectivity index (χ0n) is 14.9. The van der Waals surface area contributed by atoms with E-state index in [4.69, 9.17) is 16.3 Å². The van der Waals surface area contributed by atoms with Crippen LogP contribution in [0.2, 0.25) is 5.02 Å². The number of carbonyl (C=O) groups is 2. The zero-order chi connectivity index (χ0) is 19.9. The van der Waals surface area contributed by atoms with E-state index < -0.39 is 5.25 Å². The van der Waals surface area contributed by atoms with Gasteiger partial charge in [-0.3, -0.25) is 9.59 Å². The van der Waals surface area contributed by atoms with Crippen LogP contribution in [0.4, 0.5) is 5.69 Å². The van der Waals surface area contributed by atoms with Crippen molar-refractivity contribution in [1.82, 2.24) is 5.32 Å². The summed E-state index contributed by atoms with van der Waals surface area (Å²) in [5.41, 5.74) is 1.34. The number of nitrogens with one attached hydrogen (secondary N) is 2. The molecule has 9 heteroatoms. The molecule has 1 atom stereocenters. The predicted octanol–water partition coefficient (Wildman–Crippen LogP) is 3.30. The van der Waals surface area contributed by atoms with Crippen LogP contribution in [0.3, 0.4) is 0 Å². The summed E-state index contributed by atoms with van der Waals surface area (Å²) in [6, 6.07) is 14.4. The molecule has 1 aliphatic heterocycles.